The second kappa shape index (κ2) is 5.97. The average Bonchev–Trinajstić information content (AvgIpc) is 3.08. The summed E-state index contributed by atoms with van der Waals surface area (Å²) in [6.07, 6.45) is 2.28. The minimum Gasteiger partial charge on any atom is -0.481 e. The van der Waals surface area contributed by atoms with Gasteiger partial charge >= 0.3 is 5.97 Å². The van der Waals surface area contributed by atoms with E-state index < -0.39 is 17.3 Å². The van der Waals surface area contributed by atoms with Crippen LogP contribution in [-0.2, 0) is 15.0 Å². The Hall–Kier alpha value is -1.07. The molecular formula is C15H17BrClNO3. The number of carbonyl (C=O) groups excluding carboxylic acids is 1. The van der Waals surface area contributed by atoms with Crippen LogP contribution in [0.4, 0.5) is 0 Å². The maximum absolute atomic E-state index is 12.7. The molecule has 4 nitrogen and oxygen atoms in total. The molecule has 21 heavy (non-hydrogen) atoms. The lowest BCUT2D eigenvalue weighted by Gasteiger charge is -2.23. The zero-order valence-corrected chi connectivity index (χ0v) is 13.8. The molecule has 6 heteroatoms. The molecule has 1 aromatic carbocycles. The molecule has 0 radical (unpaired) electrons. The lowest BCUT2D eigenvalue weighted by atomic mass is 9.94. The summed E-state index contributed by atoms with van der Waals surface area (Å²) in [5, 5.41) is 9.04. The standard InChI is InChI=1S/C15H16BrNO3.ClH/c16-12-3-1-2-11(8-12)15(5-6-15)14(20)17-7-4-10(9-17)13(18)19;/h1-3,8,10H,4-7,9H2,(H,18,19);1H. The highest BCUT2D eigenvalue weighted by Gasteiger charge is 2.54. The van der Waals surface area contributed by atoms with E-state index in [0.717, 1.165) is 22.9 Å². The van der Waals surface area contributed by atoms with Gasteiger partial charge in [0.15, 0.2) is 0 Å². The molecule has 1 saturated carbocycles. The maximum atomic E-state index is 12.7. The van der Waals surface area contributed by atoms with Crippen LogP contribution in [0, 0.1) is 5.92 Å². The van der Waals surface area contributed by atoms with E-state index in [-0.39, 0.29) is 18.3 Å². The third kappa shape index (κ3) is 2.94. The van der Waals surface area contributed by atoms with Crippen molar-refractivity contribution in [3.05, 3.63) is 34.3 Å². The number of hydrogen-bond acceptors (Lipinski definition) is 2. The third-order valence-corrected chi connectivity index (χ3v) is 4.85. The fourth-order valence-electron chi connectivity index (χ4n) is 2.99. The number of carboxylic acid groups (broad SMARTS) is 1. The number of benzene rings is 1. The monoisotopic (exact) mass is 373 g/mol. The van der Waals surface area contributed by atoms with Crippen LogP contribution in [0.1, 0.15) is 24.8 Å². The number of hydrogen-bond donors (Lipinski definition) is 1. The number of likely N-dealkylation sites (tertiary alicyclic amines) is 1. The largest absolute Gasteiger partial charge is 0.481 e. The fourth-order valence-corrected chi connectivity index (χ4v) is 3.39. The van der Waals surface area contributed by atoms with Crippen LogP contribution in [-0.4, -0.2) is 35.0 Å². The van der Waals surface area contributed by atoms with Crippen molar-refractivity contribution in [2.24, 2.45) is 5.92 Å². The van der Waals surface area contributed by atoms with Gasteiger partial charge in [0.25, 0.3) is 0 Å². The number of halogens is 2. The van der Waals surface area contributed by atoms with Crippen molar-refractivity contribution in [3.63, 3.8) is 0 Å². The summed E-state index contributed by atoms with van der Waals surface area (Å²) in [6.45, 7) is 0.912. The highest BCUT2D eigenvalue weighted by Crippen LogP contribution is 2.50. The second-order valence-corrected chi connectivity index (χ2v) is 6.58. The first-order valence-electron chi connectivity index (χ1n) is 6.81. The van der Waals surface area contributed by atoms with Crippen molar-refractivity contribution >= 4 is 40.2 Å². The van der Waals surface area contributed by atoms with E-state index in [9.17, 15) is 9.59 Å². The Morgan fingerprint density at radius 1 is 1.33 bits per heavy atom. The minimum absolute atomic E-state index is 0. The predicted octanol–water partition coefficient (Wildman–Crippen LogP) is 2.84. The first kappa shape index (κ1) is 16.3. The van der Waals surface area contributed by atoms with E-state index in [1.54, 1.807) is 4.90 Å². The van der Waals surface area contributed by atoms with Crippen LogP contribution in [0.2, 0.25) is 0 Å². The van der Waals surface area contributed by atoms with Gasteiger partial charge in [0.05, 0.1) is 11.3 Å². The smallest absolute Gasteiger partial charge is 0.308 e. The molecule has 2 fully saturated rings. The lowest BCUT2D eigenvalue weighted by Crippen LogP contribution is -2.38. The molecule has 3 rings (SSSR count). The number of amides is 1. The van der Waals surface area contributed by atoms with Crippen molar-refractivity contribution in [1.82, 2.24) is 4.90 Å². The molecule has 1 aliphatic heterocycles. The summed E-state index contributed by atoms with van der Waals surface area (Å²) in [5.74, 6) is -1.11. The third-order valence-electron chi connectivity index (χ3n) is 4.36. The number of carboxylic acids is 1. The highest BCUT2D eigenvalue weighted by atomic mass is 79.9. The number of carbonyl (C=O) groups is 2. The molecule has 1 saturated heterocycles. The van der Waals surface area contributed by atoms with Gasteiger partial charge in [0.1, 0.15) is 0 Å². The molecule has 1 unspecified atom stereocenters. The highest BCUT2D eigenvalue weighted by molar-refractivity contribution is 9.10. The van der Waals surface area contributed by atoms with Crippen LogP contribution >= 0.6 is 28.3 Å². The summed E-state index contributed by atoms with van der Waals surface area (Å²) < 4.78 is 0.971. The summed E-state index contributed by atoms with van der Waals surface area (Å²) in [6, 6.07) is 7.87. The van der Waals surface area contributed by atoms with Gasteiger partial charge in [0.2, 0.25) is 5.91 Å². The van der Waals surface area contributed by atoms with Crippen LogP contribution in [0.5, 0.6) is 0 Å². The van der Waals surface area contributed by atoms with E-state index >= 15 is 0 Å². The number of rotatable bonds is 3. The van der Waals surface area contributed by atoms with E-state index in [1.165, 1.54) is 0 Å². The molecule has 1 N–H and O–H groups in total. The van der Waals surface area contributed by atoms with E-state index in [1.807, 2.05) is 24.3 Å². The molecule has 114 valence electrons. The Bertz CT molecular complexity index is 574. The van der Waals surface area contributed by atoms with Gasteiger partial charge in [-0.25, -0.2) is 0 Å². The minimum atomic E-state index is -0.799. The maximum Gasteiger partial charge on any atom is 0.308 e. The molecule has 2 aliphatic rings. The first-order chi connectivity index (χ1) is 9.53. The normalized spacial score (nSPS) is 22.5. The second-order valence-electron chi connectivity index (χ2n) is 5.67. The van der Waals surface area contributed by atoms with Crippen molar-refractivity contribution in [3.8, 4) is 0 Å². The summed E-state index contributed by atoms with van der Waals surface area (Å²) in [7, 11) is 0. The van der Waals surface area contributed by atoms with Gasteiger partial charge in [-0.2, -0.15) is 0 Å². The summed E-state index contributed by atoms with van der Waals surface area (Å²) in [4.78, 5) is 25.5. The summed E-state index contributed by atoms with van der Waals surface area (Å²) in [5.41, 5.74) is 0.632. The zero-order valence-electron chi connectivity index (χ0n) is 11.4. The molecule has 1 atom stereocenters. The van der Waals surface area contributed by atoms with Crippen molar-refractivity contribution in [2.45, 2.75) is 24.7 Å². The SMILES string of the molecule is Cl.O=C(O)C1CCN(C(=O)C2(c3cccc(Br)c3)CC2)C1. The fraction of sp³-hybridized carbons (Fsp3) is 0.467. The predicted molar refractivity (Wildman–Crippen MR) is 84.6 cm³/mol. The van der Waals surface area contributed by atoms with Crippen LogP contribution in [0.3, 0.4) is 0 Å². The lowest BCUT2D eigenvalue weighted by molar-refractivity contribution is -0.141. The van der Waals surface area contributed by atoms with Crippen LogP contribution in [0.25, 0.3) is 0 Å². The van der Waals surface area contributed by atoms with E-state index in [2.05, 4.69) is 15.9 Å². The Kier molecular flexibility index (Phi) is 4.63. The molecule has 1 aliphatic carbocycles. The van der Waals surface area contributed by atoms with Gasteiger partial charge < -0.3 is 10.0 Å². The summed E-state index contributed by atoms with van der Waals surface area (Å²) >= 11 is 3.44. The van der Waals surface area contributed by atoms with Gasteiger partial charge in [0, 0.05) is 17.6 Å². The Balaban J connectivity index is 0.00000161. The Morgan fingerprint density at radius 3 is 2.57 bits per heavy atom. The quantitative estimate of drug-likeness (QED) is 0.885. The van der Waals surface area contributed by atoms with Crippen molar-refractivity contribution in [2.75, 3.05) is 13.1 Å². The molecule has 1 aromatic rings. The number of aliphatic carboxylic acids is 1. The van der Waals surface area contributed by atoms with Gasteiger partial charge in [-0.15, -0.1) is 12.4 Å². The first-order valence-corrected chi connectivity index (χ1v) is 7.60. The van der Waals surface area contributed by atoms with E-state index in [4.69, 9.17) is 5.11 Å². The molecule has 0 spiro atoms. The average molecular weight is 375 g/mol. The molecule has 1 heterocycles. The molecule has 0 bridgehead atoms. The van der Waals surface area contributed by atoms with Gasteiger partial charge in [-0.1, -0.05) is 28.1 Å². The van der Waals surface area contributed by atoms with Crippen LogP contribution < -0.4 is 0 Å². The van der Waals surface area contributed by atoms with Crippen molar-refractivity contribution < 1.29 is 14.7 Å². The molecule has 0 aromatic heterocycles. The molecule has 1 amide bonds. The van der Waals surface area contributed by atoms with Gasteiger partial charge in [-0.05, 0) is 37.0 Å². The van der Waals surface area contributed by atoms with Gasteiger partial charge in [-0.3, -0.25) is 9.59 Å². The van der Waals surface area contributed by atoms with Crippen LogP contribution in [0.15, 0.2) is 28.7 Å². The Labute approximate surface area is 138 Å². The van der Waals surface area contributed by atoms with Crippen molar-refractivity contribution in [1.29, 1.82) is 0 Å². The Morgan fingerprint density at radius 2 is 2.05 bits per heavy atom. The molecular weight excluding hydrogens is 358 g/mol. The van der Waals surface area contributed by atoms with E-state index in [0.29, 0.717) is 19.5 Å². The topological polar surface area (TPSA) is 57.6 Å². The number of nitrogens with zero attached hydrogens (tertiary/aromatic N) is 1. The zero-order chi connectivity index (χ0) is 14.3.